The molecular weight excluding hydrogens is 326 g/mol. The number of esters is 1. The van der Waals surface area contributed by atoms with Crippen LogP contribution in [-0.4, -0.2) is 30.4 Å². The van der Waals surface area contributed by atoms with Gasteiger partial charge in [-0.1, -0.05) is 60.7 Å². The van der Waals surface area contributed by atoms with E-state index in [9.17, 15) is 9.59 Å². The summed E-state index contributed by atoms with van der Waals surface area (Å²) >= 11 is 0. The normalized spacial score (nSPS) is 18.6. The number of carbonyl (C=O) groups is 2. The molecule has 132 valence electrons. The Bertz CT molecular complexity index is 853. The van der Waals surface area contributed by atoms with Crippen molar-refractivity contribution in [3.05, 3.63) is 89.0 Å². The zero-order chi connectivity index (χ0) is 18.5. The lowest BCUT2D eigenvalue weighted by atomic mass is 9.90. The van der Waals surface area contributed by atoms with Crippen LogP contribution in [0.4, 0.5) is 0 Å². The molecule has 2 aromatic carbocycles. The SMILES string of the molecule is CCOC(=O)C1=CC(=Cc2ccccc2)C(=O)N(C)C1c1ccccc1. The molecule has 3 rings (SSSR count). The smallest absolute Gasteiger partial charge is 0.336 e. The molecule has 1 amide bonds. The summed E-state index contributed by atoms with van der Waals surface area (Å²) in [7, 11) is 1.71. The number of ether oxygens (including phenoxy) is 1. The van der Waals surface area contributed by atoms with E-state index in [1.807, 2.05) is 60.7 Å². The fourth-order valence-electron chi connectivity index (χ4n) is 3.09. The van der Waals surface area contributed by atoms with E-state index < -0.39 is 12.0 Å². The van der Waals surface area contributed by atoms with E-state index in [-0.39, 0.29) is 12.5 Å². The number of likely N-dealkylation sites (N-methyl/N-ethyl adjacent to an activating group) is 1. The Balaban J connectivity index is 2.10. The first-order valence-corrected chi connectivity index (χ1v) is 8.59. The second-order valence-electron chi connectivity index (χ2n) is 6.06. The lowest BCUT2D eigenvalue weighted by molar-refractivity contribution is -0.140. The first kappa shape index (κ1) is 17.7. The minimum Gasteiger partial charge on any atom is -0.463 e. The largest absolute Gasteiger partial charge is 0.463 e. The number of benzene rings is 2. The van der Waals surface area contributed by atoms with Gasteiger partial charge in [0.25, 0.3) is 5.91 Å². The van der Waals surface area contributed by atoms with Gasteiger partial charge in [0.15, 0.2) is 0 Å². The molecule has 4 heteroatoms. The van der Waals surface area contributed by atoms with Gasteiger partial charge < -0.3 is 9.64 Å². The molecule has 1 unspecified atom stereocenters. The summed E-state index contributed by atoms with van der Waals surface area (Å²) < 4.78 is 5.24. The number of rotatable bonds is 4. The fraction of sp³-hybridized carbons (Fsp3) is 0.182. The van der Waals surface area contributed by atoms with Crippen LogP contribution >= 0.6 is 0 Å². The van der Waals surface area contributed by atoms with Crippen LogP contribution < -0.4 is 0 Å². The highest BCUT2D eigenvalue weighted by molar-refractivity contribution is 6.06. The third kappa shape index (κ3) is 3.59. The van der Waals surface area contributed by atoms with Crippen molar-refractivity contribution in [3.8, 4) is 0 Å². The quantitative estimate of drug-likeness (QED) is 0.625. The molecule has 1 atom stereocenters. The van der Waals surface area contributed by atoms with Crippen LogP contribution in [0.3, 0.4) is 0 Å². The molecule has 4 nitrogen and oxygen atoms in total. The van der Waals surface area contributed by atoms with Gasteiger partial charge in [0.1, 0.15) is 0 Å². The molecule has 0 bridgehead atoms. The van der Waals surface area contributed by atoms with Gasteiger partial charge >= 0.3 is 5.97 Å². The van der Waals surface area contributed by atoms with E-state index >= 15 is 0 Å². The number of hydrogen-bond acceptors (Lipinski definition) is 3. The molecule has 0 saturated heterocycles. The van der Waals surface area contributed by atoms with Gasteiger partial charge in [-0.05, 0) is 30.2 Å². The van der Waals surface area contributed by atoms with Gasteiger partial charge in [-0.3, -0.25) is 4.79 Å². The van der Waals surface area contributed by atoms with E-state index in [4.69, 9.17) is 4.74 Å². The zero-order valence-electron chi connectivity index (χ0n) is 14.9. The second-order valence-corrected chi connectivity index (χ2v) is 6.06. The lowest BCUT2D eigenvalue weighted by Gasteiger charge is -2.34. The van der Waals surface area contributed by atoms with E-state index in [1.165, 1.54) is 0 Å². The first-order chi connectivity index (χ1) is 12.6. The summed E-state index contributed by atoms with van der Waals surface area (Å²) in [6.07, 6.45) is 3.45. The highest BCUT2D eigenvalue weighted by atomic mass is 16.5. The molecule has 1 aliphatic heterocycles. The number of nitrogens with zero attached hydrogens (tertiary/aromatic N) is 1. The minimum atomic E-state index is -0.462. The Morgan fingerprint density at radius 3 is 2.31 bits per heavy atom. The summed E-state index contributed by atoms with van der Waals surface area (Å²) in [4.78, 5) is 27.1. The van der Waals surface area contributed by atoms with Crippen LogP contribution in [0.2, 0.25) is 0 Å². The Morgan fingerprint density at radius 2 is 1.69 bits per heavy atom. The maximum absolute atomic E-state index is 12.9. The molecule has 0 fully saturated rings. The standard InChI is InChI=1S/C22H21NO3/c1-3-26-22(25)19-15-18(14-16-10-6-4-7-11-16)21(24)23(2)20(19)17-12-8-5-9-13-17/h4-15,20H,3H2,1-2H3. The average molecular weight is 347 g/mol. The third-order valence-electron chi connectivity index (χ3n) is 4.31. The maximum Gasteiger partial charge on any atom is 0.336 e. The van der Waals surface area contributed by atoms with Crippen LogP contribution in [0, 0.1) is 0 Å². The van der Waals surface area contributed by atoms with Crippen molar-refractivity contribution < 1.29 is 14.3 Å². The first-order valence-electron chi connectivity index (χ1n) is 8.59. The second kappa shape index (κ2) is 7.83. The van der Waals surface area contributed by atoms with Crippen molar-refractivity contribution in [2.75, 3.05) is 13.7 Å². The van der Waals surface area contributed by atoms with Gasteiger partial charge in [0.05, 0.1) is 18.2 Å². The molecule has 1 heterocycles. The summed E-state index contributed by atoms with van der Waals surface area (Å²) in [5.74, 6) is -0.532. The minimum absolute atomic E-state index is 0.129. The van der Waals surface area contributed by atoms with E-state index in [0.717, 1.165) is 11.1 Å². The highest BCUT2D eigenvalue weighted by Gasteiger charge is 2.35. The summed E-state index contributed by atoms with van der Waals surface area (Å²) in [5, 5.41) is 0. The summed E-state index contributed by atoms with van der Waals surface area (Å²) in [6, 6.07) is 18.6. The fourth-order valence-corrected chi connectivity index (χ4v) is 3.09. The van der Waals surface area contributed by atoms with Crippen LogP contribution in [0.25, 0.3) is 6.08 Å². The van der Waals surface area contributed by atoms with Crippen LogP contribution in [-0.2, 0) is 14.3 Å². The topological polar surface area (TPSA) is 46.6 Å². The monoisotopic (exact) mass is 347 g/mol. The van der Waals surface area contributed by atoms with Crippen molar-refractivity contribution in [2.24, 2.45) is 0 Å². The predicted molar refractivity (Wildman–Crippen MR) is 101 cm³/mol. The predicted octanol–water partition coefficient (Wildman–Crippen LogP) is 3.77. The average Bonchev–Trinajstić information content (AvgIpc) is 2.67. The molecule has 1 aliphatic rings. The van der Waals surface area contributed by atoms with Crippen molar-refractivity contribution in [1.82, 2.24) is 4.90 Å². The zero-order valence-corrected chi connectivity index (χ0v) is 14.9. The summed E-state index contributed by atoms with van der Waals surface area (Å²) in [5.41, 5.74) is 2.71. The van der Waals surface area contributed by atoms with Gasteiger partial charge in [-0.2, -0.15) is 0 Å². The van der Waals surface area contributed by atoms with Crippen molar-refractivity contribution in [2.45, 2.75) is 13.0 Å². The van der Waals surface area contributed by atoms with Crippen LogP contribution in [0.5, 0.6) is 0 Å². The molecule has 26 heavy (non-hydrogen) atoms. The third-order valence-corrected chi connectivity index (χ3v) is 4.31. The van der Waals surface area contributed by atoms with E-state index in [0.29, 0.717) is 11.1 Å². The molecule has 0 spiro atoms. The van der Waals surface area contributed by atoms with E-state index in [2.05, 4.69) is 0 Å². The Morgan fingerprint density at radius 1 is 1.08 bits per heavy atom. The number of amides is 1. The molecule has 0 radical (unpaired) electrons. The van der Waals surface area contributed by atoms with Crippen LogP contribution in [0.15, 0.2) is 77.9 Å². The molecule has 2 aromatic rings. The molecule has 0 N–H and O–H groups in total. The molecule has 0 saturated carbocycles. The molecular formula is C22H21NO3. The Labute approximate surface area is 153 Å². The molecule has 0 aromatic heterocycles. The van der Waals surface area contributed by atoms with Gasteiger partial charge in [0.2, 0.25) is 0 Å². The molecule has 0 aliphatic carbocycles. The van der Waals surface area contributed by atoms with Crippen LogP contribution in [0.1, 0.15) is 24.1 Å². The maximum atomic E-state index is 12.9. The highest BCUT2D eigenvalue weighted by Crippen LogP contribution is 2.34. The van der Waals surface area contributed by atoms with Gasteiger partial charge in [-0.25, -0.2) is 4.79 Å². The van der Waals surface area contributed by atoms with Gasteiger partial charge in [0, 0.05) is 12.6 Å². The number of carbonyl (C=O) groups excluding carboxylic acids is 2. The van der Waals surface area contributed by atoms with E-state index in [1.54, 1.807) is 31.0 Å². The Hall–Kier alpha value is -3.14. The van der Waals surface area contributed by atoms with Crippen molar-refractivity contribution >= 4 is 18.0 Å². The summed E-state index contributed by atoms with van der Waals surface area (Å²) in [6.45, 7) is 2.06. The number of hydrogen-bond donors (Lipinski definition) is 0. The lowest BCUT2D eigenvalue weighted by Crippen LogP contribution is -2.38. The van der Waals surface area contributed by atoms with Crippen molar-refractivity contribution in [3.63, 3.8) is 0 Å². The van der Waals surface area contributed by atoms with Crippen molar-refractivity contribution in [1.29, 1.82) is 0 Å². The van der Waals surface area contributed by atoms with Gasteiger partial charge in [-0.15, -0.1) is 0 Å². The Kier molecular flexibility index (Phi) is 5.32.